The molecule has 0 fully saturated rings. The SMILES string of the molecule is c1ccc2c(c1)-c1ccccc1C21c2cccc3c2-c2c1cccc2C31c2ccccc2-c2ccccc21. The molecular formula is C38H22. The Kier molecular flexibility index (Phi) is 3.19. The fraction of sp³-hybridized carbons (Fsp3) is 0.0526. The summed E-state index contributed by atoms with van der Waals surface area (Å²) >= 11 is 0. The largest absolute Gasteiger partial charge is 0.0725 e. The molecule has 0 aliphatic heterocycles. The second kappa shape index (κ2) is 6.23. The van der Waals surface area contributed by atoms with Gasteiger partial charge in [-0.15, -0.1) is 0 Å². The van der Waals surface area contributed by atoms with E-state index in [9.17, 15) is 0 Å². The molecule has 174 valence electrons. The fourth-order valence-corrected chi connectivity index (χ4v) is 8.81. The monoisotopic (exact) mass is 478 g/mol. The van der Waals surface area contributed by atoms with Gasteiger partial charge in [0.05, 0.1) is 10.8 Å². The fourth-order valence-electron chi connectivity index (χ4n) is 8.81. The second-order valence-electron chi connectivity index (χ2n) is 11.1. The molecule has 10 rings (SSSR count). The van der Waals surface area contributed by atoms with Gasteiger partial charge in [0.25, 0.3) is 0 Å². The van der Waals surface area contributed by atoms with Gasteiger partial charge in [0.2, 0.25) is 0 Å². The maximum atomic E-state index is 2.41. The summed E-state index contributed by atoms with van der Waals surface area (Å²) in [5.41, 5.74) is 19.2. The number of fused-ring (bicyclic) bond motifs is 14. The Bertz CT molecular complexity index is 1750. The summed E-state index contributed by atoms with van der Waals surface area (Å²) in [6.07, 6.45) is 0. The Morgan fingerprint density at radius 2 is 0.474 bits per heavy atom. The standard InChI is InChI=1S/C38H22/c1-5-15-27-23(11-1)24-12-2-6-16-28(24)37(27)31-19-9-21-33-35(31)36-32(37)20-10-22-34(36)38(33)29-17-7-3-13-25(29)26-14-4-8-18-30(26)38/h1-22H. The van der Waals surface area contributed by atoms with Crippen molar-refractivity contribution in [1.82, 2.24) is 0 Å². The van der Waals surface area contributed by atoms with E-state index < -0.39 is 0 Å². The molecule has 0 bridgehead atoms. The lowest BCUT2D eigenvalue weighted by atomic mass is 9.65. The normalized spacial score (nSPS) is 16.3. The molecular weight excluding hydrogens is 456 g/mol. The third kappa shape index (κ3) is 1.78. The molecule has 0 unspecified atom stereocenters. The van der Waals surface area contributed by atoms with Crippen molar-refractivity contribution in [3.63, 3.8) is 0 Å². The molecule has 0 atom stereocenters. The summed E-state index contributed by atoms with van der Waals surface area (Å²) in [5, 5.41) is 0. The zero-order valence-electron chi connectivity index (χ0n) is 20.7. The van der Waals surface area contributed by atoms with Crippen molar-refractivity contribution >= 4 is 0 Å². The lowest BCUT2D eigenvalue weighted by Crippen LogP contribution is -2.30. The van der Waals surface area contributed by atoms with Gasteiger partial charge in [-0.1, -0.05) is 133 Å². The van der Waals surface area contributed by atoms with Gasteiger partial charge in [0.1, 0.15) is 0 Å². The van der Waals surface area contributed by atoms with Crippen molar-refractivity contribution in [3.05, 3.63) is 178 Å². The van der Waals surface area contributed by atoms with E-state index in [-0.39, 0.29) is 10.8 Å². The Hall–Kier alpha value is -4.68. The summed E-state index contributed by atoms with van der Waals surface area (Å²) in [6.45, 7) is 0. The average Bonchev–Trinajstić information content (AvgIpc) is 3.67. The van der Waals surface area contributed by atoms with Crippen molar-refractivity contribution in [2.75, 3.05) is 0 Å². The Labute approximate surface area is 221 Å². The molecule has 38 heavy (non-hydrogen) atoms. The highest BCUT2D eigenvalue weighted by Gasteiger charge is 2.60. The minimum absolute atomic E-state index is 0.275. The van der Waals surface area contributed by atoms with Crippen LogP contribution in [0.4, 0.5) is 0 Å². The highest BCUT2D eigenvalue weighted by molar-refractivity contribution is 6.03. The second-order valence-corrected chi connectivity index (χ2v) is 11.1. The Balaban J connectivity index is 1.42. The molecule has 0 heteroatoms. The van der Waals surface area contributed by atoms with Crippen LogP contribution in [0.25, 0.3) is 33.4 Å². The van der Waals surface area contributed by atoms with E-state index in [1.54, 1.807) is 0 Å². The van der Waals surface area contributed by atoms with Crippen molar-refractivity contribution < 1.29 is 0 Å². The van der Waals surface area contributed by atoms with Crippen LogP contribution in [0.15, 0.2) is 133 Å². The maximum absolute atomic E-state index is 2.41. The molecule has 6 aromatic carbocycles. The lowest BCUT2D eigenvalue weighted by molar-refractivity contribution is 0.756. The van der Waals surface area contributed by atoms with Crippen molar-refractivity contribution in [3.8, 4) is 33.4 Å². The summed E-state index contributed by atoms with van der Waals surface area (Å²) in [4.78, 5) is 0. The quantitative estimate of drug-likeness (QED) is 0.204. The third-order valence-corrected chi connectivity index (χ3v) is 9.90. The van der Waals surface area contributed by atoms with E-state index in [1.165, 1.54) is 77.9 Å². The van der Waals surface area contributed by atoms with Gasteiger partial charge >= 0.3 is 0 Å². The van der Waals surface area contributed by atoms with Crippen LogP contribution >= 0.6 is 0 Å². The first-order chi connectivity index (χ1) is 18.9. The summed E-state index contributed by atoms with van der Waals surface area (Å²) in [5.74, 6) is 0. The zero-order valence-corrected chi connectivity index (χ0v) is 20.7. The molecule has 4 aliphatic carbocycles. The molecule has 2 spiro atoms. The maximum Gasteiger partial charge on any atom is 0.0725 e. The van der Waals surface area contributed by atoms with Crippen molar-refractivity contribution in [2.45, 2.75) is 10.8 Å². The van der Waals surface area contributed by atoms with E-state index >= 15 is 0 Å². The van der Waals surface area contributed by atoms with Gasteiger partial charge in [0.15, 0.2) is 0 Å². The molecule has 0 saturated carbocycles. The molecule has 0 amide bonds. The minimum atomic E-state index is -0.275. The van der Waals surface area contributed by atoms with Crippen LogP contribution in [0, 0.1) is 0 Å². The van der Waals surface area contributed by atoms with Gasteiger partial charge < -0.3 is 0 Å². The van der Waals surface area contributed by atoms with Crippen LogP contribution in [-0.4, -0.2) is 0 Å². The predicted octanol–water partition coefficient (Wildman–Crippen LogP) is 8.71. The molecule has 6 aromatic rings. The first kappa shape index (κ1) is 19.4. The van der Waals surface area contributed by atoms with E-state index in [0.29, 0.717) is 0 Å². The minimum Gasteiger partial charge on any atom is -0.0619 e. The van der Waals surface area contributed by atoms with Gasteiger partial charge in [-0.3, -0.25) is 0 Å². The van der Waals surface area contributed by atoms with E-state index in [0.717, 1.165) is 0 Å². The topological polar surface area (TPSA) is 0 Å². The number of hydrogen-bond donors (Lipinski definition) is 0. The first-order valence-corrected chi connectivity index (χ1v) is 13.5. The summed E-state index contributed by atoms with van der Waals surface area (Å²) in [7, 11) is 0. The molecule has 0 radical (unpaired) electrons. The highest BCUT2D eigenvalue weighted by Crippen LogP contribution is 2.71. The Morgan fingerprint density at radius 1 is 0.237 bits per heavy atom. The molecule has 0 heterocycles. The van der Waals surface area contributed by atoms with E-state index in [1.807, 2.05) is 0 Å². The summed E-state index contributed by atoms with van der Waals surface area (Å²) in [6, 6.07) is 50.6. The summed E-state index contributed by atoms with van der Waals surface area (Å²) < 4.78 is 0. The molecule has 0 saturated heterocycles. The number of hydrogen-bond acceptors (Lipinski definition) is 0. The predicted molar refractivity (Wildman–Crippen MR) is 154 cm³/mol. The van der Waals surface area contributed by atoms with E-state index in [4.69, 9.17) is 0 Å². The number of benzene rings is 6. The van der Waals surface area contributed by atoms with Gasteiger partial charge in [0, 0.05) is 0 Å². The zero-order chi connectivity index (χ0) is 24.6. The smallest absolute Gasteiger partial charge is 0.0619 e. The molecule has 0 nitrogen and oxygen atoms in total. The van der Waals surface area contributed by atoms with Crippen LogP contribution < -0.4 is 0 Å². The van der Waals surface area contributed by atoms with Crippen molar-refractivity contribution in [2.24, 2.45) is 0 Å². The first-order valence-electron chi connectivity index (χ1n) is 13.5. The van der Waals surface area contributed by atoms with E-state index in [2.05, 4.69) is 133 Å². The molecule has 0 aromatic heterocycles. The van der Waals surface area contributed by atoms with Crippen molar-refractivity contribution in [1.29, 1.82) is 0 Å². The average molecular weight is 479 g/mol. The Morgan fingerprint density at radius 3 is 0.763 bits per heavy atom. The van der Waals surface area contributed by atoms with Crippen LogP contribution in [-0.2, 0) is 10.8 Å². The van der Waals surface area contributed by atoms with Gasteiger partial charge in [-0.05, 0) is 77.9 Å². The third-order valence-electron chi connectivity index (χ3n) is 9.90. The highest BCUT2D eigenvalue weighted by atomic mass is 14.6. The number of rotatable bonds is 0. The lowest BCUT2D eigenvalue weighted by Gasteiger charge is -2.35. The van der Waals surface area contributed by atoms with Crippen LogP contribution in [0.3, 0.4) is 0 Å². The van der Waals surface area contributed by atoms with Crippen LogP contribution in [0.2, 0.25) is 0 Å². The molecule has 0 N–H and O–H groups in total. The van der Waals surface area contributed by atoms with Gasteiger partial charge in [-0.2, -0.15) is 0 Å². The van der Waals surface area contributed by atoms with Crippen LogP contribution in [0.5, 0.6) is 0 Å². The van der Waals surface area contributed by atoms with Gasteiger partial charge in [-0.25, -0.2) is 0 Å². The molecule has 4 aliphatic rings. The van der Waals surface area contributed by atoms with Crippen LogP contribution in [0.1, 0.15) is 44.5 Å².